The standard InChI is InChI=1S/C23H29N3O3S2/c1-23(2,3)22(27)29-26-11-9-17(10-12-26)21-24-18(15-31-21)14-30-20-13-19(28-25-20)16-7-5-4-6-8-16/h4-8,15,17,19H,9-14H2,1-3H3. The number of hydrogen-bond donors (Lipinski definition) is 0. The molecule has 1 aromatic heterocycles. The lowest BCUT2D eigenvalue weighted by Gasteiger charge is -2.31. The van der Waals surface area contributed by atoms with Crippen molar-refractivity contribution in [2.75, 3.05) is 13.1 Å². The van der Waals surface area contributed by atoms with Crippen molar-refractivity contribution in [1.82, 2.24) is 10.0 Å². The minimum Gasteiger partial charge on any atom is -0.387 e. The predicted octanol–water partition coefficient (Wildman–Crippen LogP) is 5.54. The smallest absolute Gasteiger partial charge is 0.330 e. The number of rotatable bonds is 5. The Morgan fingerprint density at radius 1 is 1.26 bits per heavy atom. The summed E-state index contributed by atoms with van der Waals surface area (Å²) < 4.78 is 0. The summed E-state index contributed by atoms with van der Waals surface area (Å²) in [5.41, 5.74) is 1.78. The van der Waals surface area contributed by atoms with E-state index in [0.717, 1.165) is 54.4 Å². The highest BCUT2D eigenvalue weighted by Crippen LogP contribution is 2.34. The number of thioether (sulfide) groups is 1. The van der Waals surface area contributed by atoms with Crippen molar-refractivity contribution in [2.24, 2.45) is 10.6 Å². The second-order valence-electron chi connectivity index (χ2n) is 8.99. The summed E-state index contributed by atoms with van der Waals surface area (Å²) in [5.74, 6) is 1.07. The Balaban J connectivity index is 1.22. The van der Waals surface area contributed by atoms with Crippen LogP contribution in [0.3, 0.4) is 0 Å². The lowest BCUT2D eigenvalue weighted by Crippen LogP contribution is -2.38. The fraction of sp³-hybridized carbons (Fsp3) is 0.522. The molecule has 1 fully saturated rings. The number of oxime groups is 1. The van der Waals surface area contributed by atoms with Crippen molar-refractivity contribution in [1.29, 1.82) is 0 Å². The van der Waals surface area contributed by atoms with Crippen LogP contribution in [0.4, 0.5) is 0 Å². The van der Waals surface area contributed by atoms with Gasteiger partial charge in [-0.2, -0.15) is 0 Å². The molecule has 2 aliphatic heterocycles. The molecule has 0 amide bonds. The maximum absolute atomic E-state index is 12.1. The number of hydroxylamine groups is 2. The number of thiazole rings is 1. The van der Waals surface area contributed by atoms with Gasteiger partial charge in [-0.1, -0.05) is 35.5 Å². The van der Waals surface area contributed by atoms with E-state index in [-0.39, 0.29) is 12.1 Å². The van der Waals surface area contributed by atoms with E-state index < -0.39 is 5.41 Å². The van der Waals surface area contributed by atoms with Crippen LogP contribution in [-0.4, -0.2) is 34.1 Å². The monoisotopic (exact) mass is 459 g/mol. The summed E-state index contributed by atoms with van der Waals surface area (Å²) in [5, 5.41) is 10.4. The van der Waals surface area contributed by atoms with E-state index in [1.165, 1.54) is 5.01 Å². The van der Waals surface area contributed by atoms with Gasteiger partial charge in [0.15, 0.2) is 6.10 Å². The second kappa shape index (κ2) is 9.71. The maximum atomic E-state index is 12.1. The summed E-state index contributed by atoms with van der Waals surface area (Å²) in [4.78, 5) is 28.1. The first-order chi connectivity index (χ1) is 14.9. The topological polar surface area (TPSA) is 64.0 Å². The van der Waals surface area contributed by atoms with Crippen molar-refractivity contribution in [2.45, 2.75) is 57.8 Å². The van der Waals surface area contributed by atoms with Crippen LogP contribution in [0.2, 0.25) is 0 Å². The van der Waals surface area contributed by atoms with Gasteiger partial charge in [-0.05, 0) is 39.2 Å². The van der Waals surface area contributed by atoms with Gasteiger partial charge in [-0.3, -0.25) is 0 Å². The molecule has 166 valence electrons. The van der Waals surface area contributed by atoms with Crippen LogP contribution in [0.5, 0.6) is 0 Å². The first kappa shape index (κ1) is 22.3. The Hall–Kier alpha value is -1.90. The first-order valence-electron chi connectivity index (χ1n) is 10.7. The molecule has 0 spiro atoms. The molecule has 31 heavy (non-hydrogen) atoms. The zero-order chi connectivity index (χ0) is 21.8. The number of carbonyl (C=O) groups excluding carboxylic acids is 1. The minimum atomic E-state index is -0.478. The largest absolute Gasteiger partial charge is 0.387 e. The van der Waals surface area contributed by atoms with E-state index in [1.807, 2.05) is 39.0 Å². The van der Waals surface area contributed by atoms with E-state index in [2.05, 4.69) is 22.7 Å². The van der Waals surface area contributed by atoms with E-state index in [4.69, 9.17) is 14.7 Å². The van der Waals surface area contributed by atoms with Crippen molar-refractivity contribution in [3.8, 4) is 0 Å². The fourth-order valence-corrected chi connectivity index (χ4v) is 5.39. The van der Waals surface area contributed by atoms with Gasteiger partial charge in [-0.25, -0.2) is 9.78 Å². The van der Waals surface area contributed by atoms with Crippen molar-refractivity contribution in [3.63, 3.8) is 0 Å². The highest BCUT2D eigenvalue weighted by Gasteiger charge is 2.30. The molecular weight excluding hydrogens is 430 g/mol. The van der Waals surface area contributed by atoms with Crippen molar-refractivity contribution in [3.05, 3.63) is 52.0 Å². The van der Waals surface area contributed by atoms with Gasteiger partial charge < -0.3 is 9.68 Å². The SMILES string of the molecule is CC(C)(C)C(=O)ON1CCC(c2nc(CSC3=NOC(c4ccccc4)C3)cs2)CC1. The number of nitrogens with zero attached hydrogens (tertiary/aromatic N) is 3. The highest BCUT2D eigenvalue weighted by atomic mass is 32.2. The Morgan fingerprint density at radius 2 is 2.00 bits per heavy atom. The molecule has 8 heteroatoms. The van der Waals surface area contributed by atoms with Gasteiger partial charge in [0, 0.05) is 36.6 Å². The van der Waals surface area contributed by atoms with Crippen LogP contribution in [0, 0.1) is 5.41 Å². The minimum absolute atomic E-state index is 0.0206. The van der Waals surface area contributed by atoms with Crippen molar-refractivity contribution >= 4 is 34.1 Å². The molecule has 0 saturated carbocycles. The summed E-state index contributed by atoms with van der Waals surface area (Å²) in [7, 11) is 0. The van der Waals surface area contributed by atoms with Gasteiger partial charge in [0.05, 0.1) is 16.1 Å². The lowest BCUT2D eigenvalue weighted by molar-refractivity contribution is -0.204. The average molecular weight is 460 g/mol. The summed E-state index contributed by atoms with van der Waals surface area (Å²) in [6.45, 7) is 7.14. The molecule has 2 aromatic rings. The molecule has 1 aromatic carbocycles. The van der Waals surface area contributed by atoms with Crippen LogP contribution in [0.25, 0.3) is 0 Å². The van der Waals surface area contributed by atoms with Crippen LogP contribution >= 0.6 is 23.1 Å². The summed E-state index contributed by atoms with van der Waals surface area (Å²) in [6, 6.07) is 10.2. The molecule has 0 aliphatic carbocycles. The Bertz CT molecular complexity index is 916. The molecular formula is C23H29N3O3S2. The third-order valence-corrected chi connectivity index (χ3v) is 7.47. The zero-order valence-electron chi connectivity index (χ0n) is 18.2. The van der Waals surface area contributed by atoms with Crippen LogP contribution in [0.1, 0.15) is 68.3 Å². The van der Waals surface area contributed by atoms with Gasteiger partial charge in [0.25, 0.3) is 0 Å². The molecule has 1 saturated heterocycles. The van der Waals surface area contributed by atoms with Crippen LogP contribution in [0.15, 0.2) is 40.9 Å². The number of benzene rings is 1. The van der Waals surface area contributed by atoms with E-state index in [9.17, 15) is 4.79 Å². The third-order valence-electron chi connectivity index (χ3n) is 5.40. The van der Waals surface area contributed by atoms with Crippen LogP contribution < -0.4 is 0 Å². The number of carbonyl (C=O) groups is 1. The quantitative estimate of drug-likeness (QED) is 0.585. The Morgan fingerprint density at radius 3 is 2.71 bits per heavy atom. The summed E-state index contributed by atoms with van der Waals surface area (Å²) in [6.07, 6.45) is 2.75. The summed E-state index contributed by atoms with van der Waals surface area (Å²) >= 11 is 3.44. The Kier molecular flexibility index (Phi) is 6.99. The zero-order valence-corrected chi connectivity index (χ0v) is 19.9. The number of hydrogen-bond acceptors (Lipinski definition) is 8. The molecule has 4 rings (SSSR count). The normalized spacial score (nSPS) is 20.4. The van der Waals surface area contributed by atoms with E-state index in [0.29, 0.717) is 5.92 Å². The third kappa shape index (κ3) is 5.87. The molecule has 0 radical (unpaired) electrons. The van der Waals surface area contributed by atoms with Crippen molar-refractivity contribution < 1.29 is 14.5 Å². The van der Waals surface area contributed by atoms with E-state index in [1.54, 1.807) is 28.2 Å². The van der Waals surface area contributed by atoms with E-state index >= 15 is 0 Å². The number of piperidine rings is 1. The highest BCUT2D eigenvalue weighted by molar-refractivity contribution is 8.13. The fourth-order valence-electron chi connectivity index (χ4n) is 3.47. The molecule has 0 bridgehead atoms. The predicted molar refractivity (Wildman–Crippen MR) is 125 cm³/mol. The molecule has 1 unspecified atom stereocenters. The molecule has 1 atom stereocenters. The molecule has 3 heterocycles. The first-order valence-corrected chi connectivity index (χ1v) is 12.6. The van der Waals surface area contributed by atoms with Crippen LogP contribution in [-0.2, 0) is 20.2 Å². The molecule has 6 nitrogen and oxygen atoms in total. The Labute approximate surface area is 192 Å². The lowest BCUT2D eigenvalue weighted by atomic mass is 9.97. The molecule has 2 aliphatic rings. The maximum Gasteiger partial charge on any atom is 0.330 e. The van der Waals surface area contributed by atoms with Gasteiger partial charge >= 0.3 is 5.97 Å². The van der Waals surface area contributed by atoms with Gasteiger partial charge in [0.2, 0.25) is 0 Å². The van der Waals surface area contributed by atoms with Gasteiger partial charge in [0.1, 0.15) is 5.04 Å². The number of aromatic nitrogens is 1. The second-order valence-corrected chi connectivity index (χ2v) is 10.9. The molecule has 0 N–H and O–H groups in total. The van der Waals surface area contributed by atoms with Gasteiger partial charge in [-0.15, -0.1) is 28.2 Å². The average Bonchev–Trinajstić information content (AvgIpc) is 3.43.